The summed E-state index contributed by atoms with van der Waals surface area (Å²) in [6.07, 6.45) is 4.06. The number of guanidine groups is 1. The molecular formula is C18H29IN6S. The van der Waals surface area contributed by atoms with E-state index in [1.54, 1.807) is 11.3 Å². The van der Waals surface area contributed by atoms with Crippen molar-refractivity contribution in [2.75, 3.05) is 51.6 Å². The summed E-state index contributed by atoms with van der Waals surface area (Å²) in [6, 6.07) is 8.21. The quantitative estimate of drug-likeness (QED) is 0.242. The van der Waals surface area contributed by atoms with Crippen molar-refractivity contribution in [3.63, 3.8) is 0 Å². The van der Waals surface area contributed by atoms with Gasteiger partial charge in [-0.05, 0) is 38.1 Å². The Labute approximate surface area is 176 Å². The Morgan fingerprint density at radius 2 is 1.88 bits per heavy atom. The Bertz CT molecular complexity index is 650. The minimum absolute atomic E-state index is 0. The highest BCUT2D eigenvalue weighted by atomic mass is 127. The summed E-state index contributed by atoms with van der Waals surface area (Å²) in [5.41, 5.74) is 1.05. The maximum atomic E-state index is 4.58. The van der Waals surface area contributed by atoms with Crippen LogP contribution in [-0.2, 0) is 0 Å². The second kappa shape index (κ2) is 11.6. The second-order valence-electron chi connectivity index (χ2n) is 6.24. The van der Waals surface area contributed by atoms with Crippen LogP contribution in [0.1, 0.15) is 19.3 Å². The normalized spacial score (nSPS) is 15.5. The fourth-order valence-electron chi connectivity index (χ4n) is 3.03. The lowest BCUT2D eigenvalue weighted by molar-refractivity contribution is 0.232. The number of thiazole rings is 1. The summed E-state index contributed by atoms with van der Waals surface area (Å²) in [6.45, 7) is 6.11. The molecule has 0 atom stereocenters. The number of rotatable bonds is 7. The zero-order valence-corrected chi connectivity index (χ0v) is 18.5. The molecule has 6 nitrogen and oxygen atoms in total. The lowest BCUT2D eigenvalue weighted by Gasteiger charge is -2.26. The maximum absolute atomic E-state index is 4.58. The van der Waals surface area contributed by atoms with Crippen molar-refractivity contribution >= 4 is 56.6 Å². The summed E-state index contributed by atoms with van der Waals surface area (Å²) in [7, 11) is 1.82. The van der Waals surface area contributed by atoms with Crippen LogP contribution in [0, 0.1) is 0 Å². The van der Waals surface area contributed by atoms with E-state index in [1.807, 2.05) is 25.2 Å². The average Bonchev–Trinajstić information content (AvgIpc) is 3.07. The lowest BCUT2D eigenvalue weighted by atomic mass is 10.1. The van der Waals surface area contributed by atoms with Gasteiger partial charge < -0.3 is 20.9 Å². The van der Waals surface area contributed by atoms with Crippen molar-refractivity contribution in [2.45, 2.75) is 19.3 Å². The molecule has 1 aliphatic rings. The summed E-state index contributed by atoms with van der Waals surface area (Å²) >= 11 is 1.69. The first kappa shape index (κ1) is 21.2. The molecule has 2 aromatic rings. The molecule has 3 rings (SSSR count). The molecule has 0 radical (unpaired) electrons. The number of hydrogen-bond donors (Lipinski definition) is 3. The number of aromatic nitrogens is 1. The first-order valence-corrected chi connectivity index (χ1v) is 9.93. The van der Waals surface area contributed by atoms with Crippen molar-refractivity contribution in [1.82, 2.24) is 20.5 Å². The van der Waals surface area contributed by atoms with Crippen LogP contribution in [0.2, 0.25) is 0 Å². The maximum Gasteiger partial charge on any atom is 0.191 e. The van der Waals surface area contributed by atoms with Crippen LogP contribution >= 0.6 is 35.3 Å². The number of nitrogens with one attached hydrogen (secondary N) is 3. The molecule has 144 valence electrons. The van der Waals surface area contributed by atoms with Crippen LogP contribution in [0.3, 0.4) is 0 Å². The molecule has 0 saturated carbocycles. The second-order valence-corrected chi connectivity index (χ2v) is 7.27. The third-order valence-electron chi connectivity index (χ3n) is 4.38. The standard InChI is InChI=1S/C18H28N6S.HI/c1-19-17(21-11-14-24-12-5-2-6-13-24)20-9-10-22-18-23-15-7-3-4-8-16(15)25-18;/h3-4,7-8H,2,5-6,9-14H2,1H3,(H,22,23)(H2,19,20,21);1H. The average molecular weight is 488 g/mol. The van der Waals surface area contributed by atoms with Crippen LogP contribution in [-0.4, -0.2) is 62.2 Å². The van der Waals surface area contributed by atoms with E-state index >= 15 is 0 Å². The molecule has 2 heterocycles. The van der Waals surface area contributed by atoms with Crippen molar-refractivity contribution in [2.24, 2.45) is 4.99 Å². The number of para-hydroxylation sites is 1. The van der Waals surface area contributed by atoms with Gasteiger partial charge in [-0.3, -0.25) is 4.99 Å². The number of hydrogen-bond acceptors (Lipinski definition) is 5. The molecule has 1 aliphatic heterocycles. The van der Waals surface area contributed by atoms with Gasteiger partial charge in [0.05, 0.1) is 10.2 Å². The number of likely N-dealkylation sites (tertiary alicyclic amines) is 1. The third kappa shape index (κ3) is 6.55. The molecule has 1 saturated heterocycles. The van der Waals surface area contributed by atoms with E-state index in [0.29, 0.717) is 0 Å². The number of benzene rings is 1. The van der Waals surface area contributed by atoms with Gasteiger partial charge >= 0.3 is 0 Å². The van der Waals surface area contributed by atoms with Crippen LogP contribution in [0.4, 0.5) is 5.13 Å². The Kier molecular flexibility index (Phi) is 9.41. The van der Waals surface area contributed by atoms with Crippen LogP contribution < -0.4 is 16.0 Å². The minimum atomic E-state index is 0. The zero-order valence-electron chi connectivity index (χ0n) is 15.3. The van der Waals surface area contributed by atoms with Crippen molar-refractivity contribution < 1.29 is 0 Å². The minimum Gasteiger partial charge on any atom is -0.360 e. The van der Waals surface area contributed by atoms with Gasteiger partial charge in [-0.2, -0.15) is 0 Å². The first-order valence-electron chi connectivity index (χ1n) is 9.11. The smallest absolute Gasteiger partial charge is 0.191 e. The number of fused-ring (bicyclic) bond motifs is 1. The van der Waals surface area contributed by atoms with Gasteiger partial charge in [-0.15, -0.1) is 24.0 Å². The van der Waals surface area contributed by atoms with Crippen molar-refractivity contribution in [3.8, 4) is 0 Å². The van der Waals surface area contributed by atoms with Gasteiger partial charge in [0, 0.05) is 33.2 Å². The molecule has 0 spiro atoms. The molecule has 26 heavy (non-hydrogen) atoms. The van der Waals surface area contributed by atoms with Gasteiger partial charge in [0.25, 0.3) is 0 Å². The summed E-state index contributed by atoms with van der Waals surface area (Å²) in [5, 5.41) is 11.1. The lowest BCUT2D eigenvalue weighted by Crippen LogP contribution is -2.43. The van der Waals surface area contributed by atoms with E-state index in [0.717, 1.165) is 42.8 Å². The summed E-state index contributed by atoms with van der Waals surface area (Å²) in [4.78, 5) is 11.4. The molecule has 0 aliphatic carbocycles. The first-order chi connectivity index (χ1) is 12.3. The monoisotopic (exact) mass is 488 g/mol. The van der Waals surface area contributed by atoms with Crippen molar-refractivity contribution in [1.29, 1.82) is 0 Å². The Morgan fingerprint density at radius 3 is 2.65 bits per heavy atom. The molecule has 1 aromatic carbocycles. The molecular weight excluding hydrogens is 459 g/mol. The molecule has 3 N–H and O–H groups in total. The Balaban J connectivity index is 0.00000243. The van der Waals surface area contributed by atoms with Crippen LogP contribution in [0.25, 0.3) is 10.2 Å². The summed E-state index contributed by atoms with van der Waals surface area (Å²) in [5.74, 6) is 0.864. The molecule has 0 bridgehead atoms. The highest BCUT2D eigenvalue weighted by Gasteiger charge is 2.09. The summed E-state index contributed by atoms with van der Waals surface area (Å²) < 4.78 is 1.22. The Morgan fingerprint density at radius 1 is 1.12 bits per heavy atom. The van der Waals surface area contributed by atoms with E-state index in [1.165, 1.54) is 37.1 Å². The van der Waals surface area contributed by atoms with E-state index in [2.05, 4.69) is 36.9 Å². The fourth-order valence-corrected chi connectivity index (χ4v) is 3.93. The number of nitrogens with zero attached hydrogens (tertiary/aromatic N) is 3. The number of aliphatic imine (C=N–C) groups is 1. The van der Waals surface area contributed by atoms with E-state index in [4.69, 9.17) is 0 Å². The SMILES string of the molecule is CN=C(NCCNc1nc2ccccc2s1)NCCN1CCCCC1.I. The predicted octanol–water partition coefficient (Wildman–Crippen LogP) is 2.98. The van der Waals surface area contributed by atoms with Crippen LogP contribution in [0.5, 0.6) is 0 Å². The third-order valence-corrected chi connectivity index (χ3v) is 5.37. The number of piperidine rings is 1. The predicted molar refractivity (Wildman–Crippen MR) is 123 cm³/mol. The topological polar surface area (TPSA) is 64.6 Å². The highest BCUT2D eigenvalue weighted by Crippen LogP contribution is 2.24. The largest absolute Gasteiger partial charge is 0.360 e. The highest BCUT2D eigenvalue weighted by molar-refractivity contribution is 14.0. The molecule has 1 aromatic heterocycles. The molecule has 0 amide bonds. The van der Waals surface area contributed by atoms with Gasteiger partial charge in [0.2, 0.25) is 0 Å². The Hall–Kier alpha value is -1.13. The van der Waals surface area contributed by atoms with Crippen LogP contribution in [0.15, 0.2) is 29.3 Å². The van der Waals surface area contributed by atoms with E-state index < -0.39 is 0 Å². The van der Waals surface area contributed by atoms with Crippen molar-refractivity contribution in [3.05, 3.63) is 24.3 Å². The van der Waals surface area contributed by atoms with Gasteiger partial charge in [-0.25, -0.2) is 4.98 Å². The number of halogens is 1. The molecule has 0 unspecified atom stereocenters. The molecule has 1 fully saturated rings. The fraction of sp³-hybridized carbons (Fsp3) is 0.556. The zero-order chi connectivity index (χ0) is 17.3. The molecule has 8 heteroatoms. The number of anilines is 1. The van der Waals surface area contributed by atoms with Gasteiger partial charge in [0.15, 0.2) is 11.1 Å². The van der Waals surface area contributed by atoms with E-state index in [9.17, 15) is 0 Å². The van der Waals surface area contributed by atoms with E-state index in [-0.39, 0.29) is 24.0 Å². The van der Waals surface area contributed by atoms with Gasteiger partial charge in [-0.1, -0.05) is 29.9 Å². The van der Waals surface area contributed by atoms with Gasteiger partial charge in [0.1, 0.15) is 0 Å².